The normalized spacial score (nSPS) is 11.2. The highest BCUT2D eigenvalue weighted by Gasteiger charge is 2.19. The van der Waals surface area contributed by atoms with Crippen molar-refractivity contribution in [3.05, 3.63) is 64.9 Å². The molecule has 0 saturated carbocycles. The number of carbonyl (C=O) groups is 1. The van der Waals surface area contributed by atoms with E-state index in [0.29, 0.717) is 33.7 Å². The second kappa shape index (κ2) is 7.67. The fourth-order valence-corrected chi connectivity index (χ4v) is 3.83. The highest BCUT2D eigenvalue weighted by molar-refractivity contribution is 7.99. The number of hydrogen-bond acceptors (Lipinski definition) is 6. The first-order chi connectivity index (χ1) is 13.9. The van der Waals surface area contributed by atoms with Gasteiger partial charge in [-0.05, 0) is 39.0 Å². The average molecular weight is 411 g/mol. The first kappa shape index (κ1) is 19.1. The molecule has 1 aromatic carbocycles. The molecule has 0 bridgehead atoms. The quantitative estimate of drug-likeness (QED) is 0.376. The van der Waals surface area contributed by atoms with E-state index in [1.807, 2.05) is 37.5 Å². The van der Waals surface area contributed by atoms with Crippen molar-refractivity contribution in [3.8, 4) is 17.2 Å². The van der Waals surface area contributed by atoms with E-state index in [0.717, 1.165) is 11.4 Å². The lowest BCUT2D eigenvalue weighted by Gasteiger charge is -2.04. The fraction of sp³-hybridized carbons (Fsp3) is 0.200. The first-order valence-corrected chi connectivity index (χ1v) is 9.88. The summed E-state index contributed by atoms with van der Waals surface area (Å²) < 4.78 is 20.9. The molecule has 0 aliphatic rings. The molecule has 3 aromatic heterocycles. The monoisotopic (exact) mass is 411 g/mol. The maximum absolute atomic E-state index is 13.9. The van der Waals surface area contributed by atoms with Gasteiger partial charge in [-0.3, -0.25) is 14.5 Å². The average Bonchev–Trinajstić information content (AvgIpc) is 3.40. The number of ketones is 1. The number of benzene rings is 1. The fourth-order valence-electron chi connectivity index (χ4n) is 3.15. The molecule has 0 unspecified atom stereocenters. The topological polar surface area (TPSA) is 89.6 Å². The van der Waals surface area contributed by atoms with Crippen LogP contribution in [0.15, 0.2) is 46.1 Å². The van der Waals surface area contributed by atoms with E-state index in [4.69, 9.17) is 4.52 Å². The van der Waals surface area contributed by atoms with Gasteiger partial charge in [0, 0.05) is 23.0 Å². The van der Waals surface area contributed by atoms with Crippen molar-refractivity contribution in [2.24, 2.45) is 0 Å². The number of rotatable bonds is 6. The van der Waals surface area contributed by atoms with E-state index in [-0.39, 0.29) is 17.4 Å². The molecular weight excluding hydrogens is 393 g/mol. The predicted octanol–water partition coefficient (Wildman–Crippen LogP) is 4.29. The highest BCUT2D eigenvalue weighted by Crippen LogP contribution is 2.25. The van der Waals surface area contributed by atoms with Crippen LogP contribution in [0, 0.1) is 26.6 Å². The molecule has 1 N–H and O–H groups in total. The third kappa shape index (κ3) is 3.73. The Labute approximate surface area is 170 Å². The van der Waals surface area contributed by atoms with E-state index in [1.54, 1.807) is 18.2 Å². The lowest BCUT2D eigenvalue weighted by molar-refractivity contribution is 0.102. The van der Waals surface area contributed by atoms with Gasteiger partial charge in [0.05, 0.1) is 11.3 Å². The summed E-state index contributed by atoms with van der Waals surface area (Å²) in [6.07, 6.45) is 0. The number of aromatic amines is 1. The molecule has 3 heterocycles. The number of aromatic nitrogens is 5. The standard InChI is InChI=1S/C20H18FN5O2S/c1-11-8-15(13(3)26(11)18-9-12(2)28-25-18)17(27)10-29-20-22-19(23-24-20)14-6-4-5-7-16(14)21/h4-9H,10H2,1-3H3,(H,22,23,24). The number of nitrogens with one attached hydrogen (secondary N) is 1. The Morgan fingerprint density at radius 2 is 2.03 bits per heavy atom. The SMILES string of the molecule is Cc1cc(-n2c(C)cc(C(=O)CSc3n[nH]c(-c4ccccc4F)n3)c2C)no1. The Morgan fingerprint density at radius 1 is 1.24 bits per heavy atom. The maximum atomic E-state index is 13.9. The number of thioether (sulfide) groups is 1. The van der Waals surface area contributed by atoms with E-state index >= 15 is 0 Å². The summed E-state index contributed by atoms with van der Waals surface area (Å²) >= 11 is 1.20. The number of carbonyl (C=O) groups excluding carboxylic acids is 1. The van der Waals surface area contributed by atoms with Crippen LogP contribution in [0.5, 0.6) is 0 Å². The van der Waals surface area contributed by atoms with Crippen molar-refractivity contribution < 1.29 is 13.7 Å². The zero-order valence-corrected chi connectivity index (χ0v) is 16.9. The third-order valence-electron chi connectivity index (χ3n) is 4.50. The van der Waals surface area contributed by atoms with Crippen molar-refractivity contribution in [2.75, 3.05) is 5.75 Å². The molecule has 0 fully saturated rings. The van der Waals surface area contributed by atoms with Gasteiger partial charge in [-0.15, -0.1) is 5.10 Å². The summed E-state index contributed by atoms with van der Waals surface area (Å²) in [5.74, 6) is 1.41. The van der Waals surface area contributed by atoms with Gasteiger partial charge in [-0.2, -0.15) is 0 Å². The lowest BCUT2D eigenvalue weighted by atomic mass is 10.2. The molecule has 4 aromatic rings. The van der Waals surface area contributed by atoms with Gasteiger partial charge in [-0.1, -0.05) is 29.1 Å². The van der Waals surface area contributed by atoms with Crippen molar-refractivity contribution in [1.82, 2.24) is 24.9 Å². The molecule has 0 radical (unpaired) electrons. The molecule has 0 aliphatic carbocycles. The number of H-pyrrole nitrogens is 1. The minimum atomic E-state index is -0.383. The van der Waals surface area contributed by atoms with Crippen LogP contribution in [0.3, 0.4) is 0 Å². The number of Topliss-reactive ketones (excluding diaryl/α,β-unsaturated/α-hetero) is 1. The Hall–Kier alpha value is -3.20. The summed E-state index contributed by atoms with van der Waals surface area (Å²) in [7, 11) is 0. The Balaban J connectivity index is 1.49. The summed E-state index contributed by atoms with van der Waals surface area (Å²) in [5, 5.41) is 11.2. The molecular formula is C20H18FN5O2S. The maximum Gasteiger partial charge on any atom is 0.209 e. The minimum Gasteiger partial charge on any atom is -0.360 e. The van der Waals surface area contributed by atoms with E-state index in [9.17, 15) is 9.18 Å². The minimum absolute atomic E-state index is 0.0493. The van der Waals surface area contributed by atoms with E-state index in [1.165, 1.54) is 17.8 Å². The number of halogens is 1. The number of hydrogen-bond donors (Lipinski definition) is 1. The van der Waals surface area contributed by atoms with Gasteiger partial charge in [0.15, 0.2) is 17.4 Å². The molecule has 0 amide bonds. The zero-order chi connectivity index (χ0) is 20.5. The van der Waals surface area contributed by atoms with Gasteiger partial charge in [0.1, 0.15) is 11.6 Å². The third-order valence-corrected chi connectivity index (χ3v) is 5.35. The van der Waals surface area contributed by atoms with Gasteiger partial charge in [0.25, 0.3) is 0 Å². The molecule has 148 valence electrons. The molecule has 7 nitrogen and oxygen atoms in total. The van der Waals surface area contributed by atoms with Crippen molar-refractivity contribution in [2.45, 2.75) is 25.9 Å². The predicted molar refractivity (Wildman–Crippen MR) is 107 cm³/mol. The summed E-state index contributed by atoms with van der Waals surface area (Å²) in [6.45, 7) is 5.61. The highest BCUT2D eigenvalue weighted by atomic mass is 32.2. The van der Waals surface area contributed by atoms with Gasteiger partial charge in [-0.25, -0.2) is 9.37 Å². The van der Waals surface area contributed by atoms with Crippen LogP contribution in [0.25, 0.3) is 17.2 Å². The zero-order valence-electron chi connectivity index (χ0n) is 16.1. The Morgan fingerprint density at radius 3 is 2.76 bits per heavy atom. The summed E-state index contributed by atoms with van der Waals surface area (Å²) in [4.78, 5) is 17.0. The summed E-state index contributed by atoms with van der Waals surface area (Å²) in [6, 6.07) is 9.98. The van der Waals surface area contributed by atoms with Crippen LogP contribution in [0.2, 0.25) is 0 Å². The first-order valence-electron chi connectivity index (χ1n) is 8.90. The smallest absolute Gasteiger partial charge is 0.209 e. The molecule has 0 spiro atoms. The van der Waals surface area contributed by atoms with E-state index in [2.05, 4.69) is 20.3 Å². The van der Waals surface area contributed by atoms with Crippen molar-refractivity contribution >= 4 is 17.5 Å². The Bertz CT molecular complexity index is 1190. The number of nitrogens with zero attached hydrogens (tertiary/aromatic N) is 4. The molecule has 0 atom stereocenters. The van der Waals surface area contributed by atoms with Crippen molar-refractivity contribution in [1.29, 1.82) is 0 Å². The second-order valence-electron chi connectivity index (χ2n) is 6.57. The van der Waals surface area contributed by atoms with Crippen LogP contribution in [0.1, 0.15) is 27.5 Å². The second-order valence-corrected chi connectivity index (χ2v) is 7.52. The lowest BCUT2D eigenvalue weighted by Crippen LogP contribution is -2.06. The molecule has 9 heteroatoms. The number of aryl methyl sites for hydroxylation is 2. The Kier molecular flexibility index (Phi) is 5.06. The van der Waals surface area contributed by atoms with Crippen LogP contribution in [0.4, 0.5) is 4.39 Å². The largest absolute Gasteiger partial charge is 0.360 e. The molecule has 4 rings (SSSR count). The van der Waals surface area contributed by atoms with Crippen molar-refractivity contribution in [3.63, 3.8) is 0 Å². The van der Waals surface area contributed by atoms with Gasteiger partial charge < -0.3 is 4.52 Å². The van der Waals surface area contributed by atoms with E-state index < -0.39 is 0 Å². The van der Waals surface area contributed by atoms with Crippen LogP contribution in [-0.4, -0.2) is 36.4 Å². The van der Waals surface area contributed by atoms with Crippen LogP contribution >= 0.6 is 11.8 Å². The summed E-state index contributed by atoms with van der Waals surface area (Å²) in [5.41, 5.74) is 2.64. The van der Waals surface area contributed by atoms with Gasteiger partial charge >= 0.3 is 0 Å². The molecule has 29 heavy (non-hydrogen) atoms. The molecule has 0 saturated heterocycles. The van der Waals surface area contributed by atoms with Gasteiger partial charge in [0.2, 0.25) is 5.16 Å². The van der Waals surface area contributed by atoms with Crippen LogP contribution in [-0.2, 0) is 0 Å². The van der Waals surface area contributed by atoms with Crippen LogP contribution < -0.4 is 0 Å². The molecule has 0 aliphatic heterocycles.